The molecule has 0 bridgehead atoms. The molecule has 1 fully saturated rings. The van der Waals surface area contributed by atoms with Crippen molar-refractivity contribution in [2.75, 3.05) is 5.32 Å². The first-order valence-electron chi connectivity index (χ1n) is 9.60. The number of carboxylic acids is 1. The Labute approximate surface area is 177 Å². The molecule has 0 amide bonds. The van der Waals surface area contributed by atoms with Crippen LogP contribution in [0.15, 0.2) is 24.3 Å². The first kappa shape index (κ1) is 20.0. The molecule has 1 aliphatic carbocycles. The molecule has 0 unspecified atom stereocenters. The molecule has 0 aliphatic heterocycles. The van der Waals surface area contributed by atoms with Crippen LogP contribution in [0.5, 0.6) is 0 Å². The third kappa shape index (κ3) is 4.21. The predicted octanol–water partition coefficient (Wildman–Crippen LogP) is 5.76. The van der Waals surface area contributed by atoms with Crippen LogP contribution in [0.3, 0.4) is 0 Å². The van der Waals surface area contributed by atoms with Crippen LogP contribution < -0.4 is 5.32 Å². The summed E-state index contributed by atoms with van der Waals surface area (Å²) in [6, 6.07) is 6.33. The standard InChI is InChI=1S/C21H21ClFN3O2S/c1-11-17(22)16-19(24-10-12-2-8-15(23)9-3-12)25-18(26-20(16)29-11)13-4-6-14(7-5-13)21(27)28/h2-3,8-9,13-14H,4-7,10H2,1H3,(H,27,28)(H,24,25,26). The van der Waals surface area contributed by atoms with E-state index in [0.29, 0.717) is 30.2 Å². The third-order valence-electron chi connectivity index (χ3n) is 5.49. The van der Waals surface area contributed by atoms with Crippen molar-refractivity contribution in [1.82, 2.24) is 9.97 Å². The monoisotopic (exact) mass is 433 g/mol. The van der Waals surface area contributed by atoms with Crippen LogP contribution in [0, 0.1) is 18.7 Å². The fraction of sp³-hybridized carbons (Fsp3) is 0.381. The molecule has 3 aromatic rings. The molecule has 8 heteroatoms. The number of aliphatic carboxylic acids is 1. The van der Waals surface area contributed by atoms with Gasteiger partial charge in [-0.05, 0) is 50.3 Å². The zero-order chi connectivity index (χ0) is 20.5. The van der Waals surface area contributed by atoms with Crippen molar-refractivity contribution in [3.8, 4) is 0 Å². The summed E-state index contributed by atoms with van der Waals surface area (Å²) in [5, 5.41) is 14.0. The maximum Gasteiger partial charge on any atom is 0.306 e. The third-order valence-corrected chi connectivity index (χ3v) is 7.07. The maximum absolute atomic E-state index is 13.2. The maximum atomic E-state index is 13.2. The second kappa shape index (κ2) is 8.24. The van der Waals surface area contributed by atoms with E-state index in [1.807, 2.05) is 6.92 Å². The predicted molar refractivity (Wildman–Crippen MR) is 113 cm³/mol. The molecule has 2 heterocycles. The minimum absolute atomic E-state index is 0.141. The van der Waals surface area contributed by atoms with Crippen LogP contribution in [0.2, 0.25) is 5.02 Å². The number of aryl methyl sites for hydroxylation is 1. The van der Waals surface area contributed by atoms with E-state index >= 15 is 0 Å². The lowest BCUT2D eigenvalue weighted by Crippen LogP contribution is -2.21. The number of nitrogens with zero attached hydrogens (tertiary/aromatic N) is 2. The molecule has 1 aliphatic rings. The summed E-state index contributed by atoms with van der Waals surface area (Å²) in [6.07, 6.45) is 2.81. The normalized spacial score (nSPS) is 19.4. The fourth-order valence-corrected chi connectivity index (χ4v) is 5.06. The van der Waals surface area contributed by atoms with Gasteiger partial charge in [-0.15, -0.1) is 11.3 Å². The van der Waals surface area contributed by atoms with Crippen LogP contribution in [0.4, 0.5) is 10.2 Å². The Bertz CT molecular complexity index is 1050. The number of hydrogen-bond acceptors (Lipinski definition) is 5. The van der Waals surface area contributed by atoms with Crippen molar-refractivity contribution in [3.63, 3.8) is 0 Å². The molecule has 0 atom stereocenters. The Morgan fingerprint density at radius 2 is 1.93 bits per heavy atom. The Balaban J connectivity index is 1.63. The van der Waals surface area contributed by atoms with E-state index in [4.69, 9.17) is 21.6 Å². The topological polar surface area (TPSA) is 75.1 Å². The van der Waals surface area contributed by atoms with Gasteiger partial charge in [0.2, 0.25) is 0 Å². The lowest BCUT2D eigenvalue weighted by atomic mass is 9.81. The number of thiophene rings is 1. The Morgan fingerprint density at radius 1 is 1.24 bits per heavy atom. The van der Waals surface area contributed by atoms with E-state index in [-0.39, 0.29) is 17.7 Å². The van der Waals surface area contributed by atoms with Crippen LogP contribution >= 0.6 is 22.9 Å². The molecule has 4 rings (SSSR count). The van der Waals surface area contributed by atoms with E-state index in [2.05, 4.69) is 5.32 Å². The number of anilines is 1. The van der Waals surface area contributed by atoms with Crippen molar-refractivity contribution in [2.45, 2.75) is 45.1 Å². The van der Waals surface area contributed by atoms with Gasteiger partial charge in [0.25, 0.3) is 0 Å². The quantitative estimate of drug-likeness (QED) is 0.534. The summed E-state index contributed by atoms with van der Waals surface area (Å²) in [7, 11) is 0. The van der Waals surface area contributed by atoms with Crippen LogP contribution in [-0.2, 0) is 11.3 Å². The molecular formula is C21H21ClFN3O2S. The van der Waals surface area contributed by atoms with Gasteiger partial charge in [0.1, 0.15) is 22.3 Å². The molecule has 1 aromatic carbocycles. The largest absolute Gasteiger partial charge is 0.481 e. The van der Waals surface area contributed by atoms with E-state index < -0.39 is 5.97 Å². The molecule has 0 spiro atoms. The van der Waals surface area contributed by atoms with Gasteiger partial charge in [0.05, 0.1) is 16.3 Å². The number of benzene rings is 1. The molecule has 29 heavy (non-hydrogen) atoms. The molecule has 2 aromatic heterocycles. The highest BCUT2D eigenvalue weighted by molar-refractivity contribution is 7.19. The molecule has 0 saturated heterocycles. The molecule has 0 radical (unpaired) electrons. The number of carbonyl (C=O) groups is 1. The van der Waals surface area contributed by atoms with Gasteiger partial charge in [0, 0.05) is 17.3 Å². The van der Waals surface area contributed by atoms with Crippen molar-refractivity contribution in [2.24, 2.45) is 5.92 Å². The summed E-state index contributed by atoms with van der Waals surface area (Å²) >= 11 is 8.05. The van der Waals surface area contributed by atoms with Gasteiger partial charge in [-0.1, -0.05) is 23.7 Å². The van der Waals surface area contributed by atoms with Gasteiger partial charge < -0.3 is 10.4 Å². The molecule has 152 valence electrons. The Kier molecular flexibility index (Phi) is 5.69. The SMILES string of the molecule is Cc1sc2nc(C3CCC(C(=O)O)CC3)nc(NCc3ccc(F)cc3)c2c1Cl. The van der Waals surface area contributed by atoms with Crippen molar-refractivity contribution < 1.29 is 14.3 Å². The number of halogens is 2. The molecule has 5 nitrogen and oxygen atoms in total. The van der Waals surface area contributed by atoms with Crippen LogP contribution in [0.1, 0.15) is 47.9 Å². The zero-order valence-corrected chi connectivity index (χ0v) is 17.5. The number of aromatic nitrogens is 2. The average molecular weight is 434 g/mol. The van der Waals surface area contributed by atoms with E-state index in [9.17, 15) is 14.3 Å². The fourth-order valence-electron chi connectivity index (χ4n) is 3.79. The van der Waals surface area contributed by atoms with Gasteiger partial charge in [-0.25, -0.2) is 14.4 Å². The number of carboxylic acid groups (broad SMARTS) is 1. The summed E-state index contributed by atoms with van der Waals surface area (Å²) < 4.78 is 13.2. The number of nitrogens with one attached hydrogen (secondary N) is 1. The van der Waals surface area contributed by atoms with E-state index in [1.54, 1.807) is 12.1 Å². The van der Waals surface area contributed by atoms with Gasteiger partial charge in [-0.2, -0.15) is 0 Å². The number of fused-ring (bicyclic) bond motifs is 1. The molecule has 2 N–H and O–H groups in total. The average Bonchev–Trinajstić information content (AvgIpc) is 3.01. The highest BCUT2D eigenvalue weighted by atomic mass is 35.5. The first-order valence-corrected chi connectivity index (χ1v) is 10.8. The number of hydrogen-bond donors (Lipinski definition) is 2. The van der Waals surface area contributed by atoms with Crippen molar-refractivity contribution in [3.05, 3.63) is 51.4 Å². The first-order chi connectivity index (χ1) is 13.9. The van der Waals surface area contributed by atoms with Gasteiger partial charge in [-0.3, -0.25) is 4.79 Å². The smallest absolute Gasteiger partial charge is 0.306 e. The van der Waals surface area contributed by atoms with E-state index in [1.165, 1.54) is 23.5 Å². The lowest BCUT2D eigenvalue weighted by Gasteiger charge is -2.25. The number of rotatable bonds is 5. The van der Waals surface area contributed by atoms with Crippen LogP contribution in [-0.4, -0.2) is 21.0 Å². The lowest BCUT2D eigenvalue weighted by molar-refractivity contribution is -0.142. The van der Waals surface area contributed by atoms with E-state index in [0.717, 1.165) is 39.3 Å². The Hall–Kier alpha value is -2.25. The minimum Gasteiger partial charge on any atom is -0.481 e. The highest BCUT2D eigenvalue weighted by Gasteiger charge is 2.29. The summed E-state index contributed by atoms with van der Waals surface area (Å²) in [4.78, 5) is 22.6. The summed E-state index contributed by atoms with van der Waals surface area (Å²) in [5.41, 5.74) is 0.935. The second-order valence-electron chi connectivity index (χ2n) is 7.45. The summed E-state index contributed by atoms with van der Waals surface area (Å²) in [6.45, 7) is 2.44. The minimum atomic E-state index is -0.720. The van der Waals surface area contributed by atoms with Gasteiger partial charge >= 0.3 is 5.97 Å². The van der Waals surface area contributed by atoms with Crippen LogP contribution in [0.25, 0.3) is 10.2 Å². The van der Waals surface area contributed by atoms with Crippen molar-refractivity contribution in [1.29, 1.82) is 0 Å². The highest BCUT2D eigenvalue weighted by Crippen LogP contribution is 2.40. The second-order valence-corrected chi connectivity index (χ2v) is 9.03. The zero-order valence-electron chi connectivity index (χ0n) is 15.9. The van der Waals surface area contributed by atoms with Crippen molar-refractivity contribution >= 4 is 44.9 Å². The Morgan fingerprint density at radius 3 is 2.59 bits per heavy atom. The molecular weight excluding hydrogens is 413 g/mol. The summed E-state index contributed by atoms with van der Waals surface area (Å²) in [5.74, 6) is 0.285. The van der Waals surface area contributed by atoms with Gasteiger partial charge in [0.15, 0.2) is 0 Å². The molecule has 1 saturated carbocycles.